The van der Waals surface area contributed by atoms with E-state index in [1.807, 2.05) is 0 Å². The minimum Gasteiger partial charge on any atom is -0.497 e. The van der Waals surface area contributed by atoms with Crippen LogP contribution in [0.25, 0.3) is 0 Å². The minimum atomic E-state index is -3.63. The standard InChI is InChI=1S/C23H34N2O6S/c1-16-6-4-5-7-21(16)24-22(26)17(2)31-23(27)18-12-14-25(15-13-18)32(28,29)20-10-8-19(30-3)9-11-20/h8-11,16-18,21H,4-7,12-15H2,1-3H3,(H,24,26). The second-order valence-corrected chi connectivity index (χ2v) is 10.7. The first-order valence-corrected chi connectivity index (χ1v) is 12.8. The van der Waals surface area contributed by atoms with Gasteiger partial charge >= 0.3 is 5.97 Å². The number of methoxy groups -OCH3 is 1. The number of esters is 1. The number of ether oxygens (including phenoxy) is 2. The number of nitrogens with one attached hydrogen (secondary N) is 1. The van der Waals surface area contributed by atoms with E-state index in [0.29, 0.717) is 24.5 Å². The number of carbonyl (C=O) groups is 2. The summed E-state index contributed by atoms with van der Waals surface area (Å²) in [6.45, 7) is 4.18. The molecule has 3 unspecified atom stereocenters. The Bertz CT molecular complexity index is 894. The Hall–Kier alpha value is -2.13. The van der Waals surface area contributed by atoms with Crippen LogP contribution >= 0.6 is 0 Å². The van der Waals surface area contributed by atoms with Gasteiger partial charge in [0.05, 0.1) is 17.9 Å². The molecule has 1 aromatic carbocycles. The average Bonchev–Trinajstić information content (AvgIpc) is 2.80. The second-order valence-electron chi connectivity index (χ2n) is 8.81. The number of rotatable bonds is 7. The molecule has 9 heteroatoms. The summed E-state index contributed by atoms with van der Waals surface area (Å²) in [5, 5.41) is 3.02. The van der Waals surface area contributed by atoms with Crippen molar-refractivity contribution < 1.29 is 27.5 Å². The number of amides is 1. The van der Waals surface area contributed by atoms with Gasteiger partial charge in [-0.05, 0) is 62.8 Å². The Morgan fingerprint density at radius 2 is 1.69 bits per heavy atom. The van der Waals surface area contributed by atoms with Crippen molar-refractivity contribution >= 4 is 21.9 Å². The van der Waals surface area contributed by atoms with Gasteiger partial charge in [-0.3, -0.25) is 9.59 Å². The Labute approximate surface area is 190 Å². The number of sulfonamides is 1. The van der Waals surface area contributed by atoms with E-state index in [1.165, 1.54) is 30.0 Å². The Morgan fingerprint density at radius 3 is 2.28 bits per heavy atom. The molecule has 0 bridgehead atoms. The van der Waals surface area contributed by atoms with E-state index in [0.717, 1.165) is 19.3 Å². The van der Waals surface area contributed by atoms with E-state index in [-0.39, 0.29) is 29.9 Å². The first-order chi connectivity index (χ1) is 15.2. The number of hydrogen-bond acceptors (Lipinski definition) is 6. The van der Waals surface area contributed by atoms with E-state index in [2.05, 4.69) is 12.2 Å². The molecule has 0 spiro atoms. The SMILES string of the molecule is COc1ccc(S(=O)(=O)N2CCC(C(=O)OC(C)C(=O)NC3CCCCC3C)CC2)cc1. The van der Waals surface area contributed by atoms with Gasteiger partial charge in [0.1, 0.15) is 5.75 Å². The quantitative estimate of drug-likeness (QED) is 0.620. The molecular weight excluding hydrogens is 432 g/mol. The summed E-state index contributed by atoms with van der Waals surface area (Å²) in [5.74, 6) is -0.113. The molecule has 1 saturated carbocycles. The van der Waals surface area contributed by atoms with Gasteiger partial charge in [0.2, 0.25) is 10.0 Å². The van der Waals surface area contributed by atoms with Crippen LogP contribution in [-0.4, -0.2) is 56.9 Å². The predicted octanol–water partition coefficient (Wildman–Crippen LogP) is 2.72. The summed E-state index contributed by atoms with van der Waals surface area (Å²) in [7, 11) is -2.11. The van der Waals surface area contributed by atoms with Gasteiger partial charge in [-0.2, -0.15) is 4.31 Å². The number of piperidine rings is 1. The minimum absolute atomic E-state index is 0.129. The second kappa shape index (κ2) is 10.7. The van der Waals surface area contributed by atoms with Crippen LogP contribution in [0.4, 0.5) is 0 Å². The fourth-order valence-electron chi connectivity index (χ4n) is 4.38. The van der Waals surface area contributed by atoms with Gasteiger partial charge in [-0.15, -0.1) is 0 Å². The lowest BCUT2D eigenvalue weighted by Crippen LogP contribution is -2.47. The number of benzene rings is 1. The Balaban J connectivity index is 1.49. The highest BCUT2D eigenvalue weighted by Gasteiger charge is 2.34. The summed E-state index contributed by atoms with van der Waals surface area (Å²) in [6, 6.07) is 6.38. The lowest BCUT2D eigenvalue weighted by atomic mass is 9.86. The lowest BCUT2D eigenvalue weighted by molar-refractivity contribution is -0.160. The van der Waals surface area contributed by atoms with Crippen molar-refractivity contribution in [2.75, 3.05) is 20.2 Å². The van der Waals surface area contributed by atoms with Crippen LogP contribution in [0.3, 0.4) is 0 Å². The van der Waals surface area contributed by atoms with Gasteiger partial charge < -0.3 is 14.8 Å². The summed E-state index contributed by atoms with van der Waals surface area (Å²) < 4.78 is 37.6. The third-order valence-corrected chi connectivity index (χ3v) is 8.50. The summed E-state index contributed by atoms with van der Waals surface area (Å²) in [4.78, 5) is 25.3. The third kappa shape index (κ3) is 5.81. The van der Waals surface area contributed by atoms with Crippen LogP contribution in [0, 0.1) is 11.8 Å². The first-order valence-electron chi connectivity index (χ1n) is 11.4. The van der Waals surface area contributed by atoms with Crippen LogP contribution in [0.5, 0.6) is 5.75 Å². The van der Waals surface area contributed by atoms with Crippen LogP contribution in [0.2, 0.25) is 0 Å². The zero-order valence-electron chi connectivity index (χ0n) is 19.1. The third-order valence-electron chi connectivity index (χ3n) is 6.59. The highest BCUT2D eigenvalue weighted by Crippen LogP contribution is 2.27. The average molecular weight is 467 g/mol. The molecule has 178 valence electrons. The molecule has 1 saturated heterocycles. The molecule has 1 aromatic rings. The Kier molecular flexibility index (Phi) is 8.16. The molecule has 3 atom stereocenters. The van der Waals surface area contributed by atoms with Gasteiger partial charge in [0.15, 0.2) is 6.10 Å². The van der Waals surface area contributed by atoms with Gasteiger partial charge in [-0.25, -0.2) is 8.42 Å². The molecule has 0 aromatic heterocycles. The van der Waals surface area contributed by atoms with Crippen LogP contribution in [-0.2, 0) is 24.3 Å². The Morgan fingerprint density at radius 1 is 1.06 bits per heavy atom. The molecule has 1 aliphatic heterocycles. The smallest absolute Gasteiger partial charge is 0.309 e. The van der Waals surface area contributed by atoms with Crippen molar-refractivity contribution in [1.82, 2.24) is 9.62 Å². The lowest BCUT2D eigenvalue weighted by Gasteiger charge is -2.32. The zero-order chi connectivity index (χ0) is 23.3. The molecule has 8 nitrogen and oxygen atoms in total. The maximum atomic E-state index is 12.9. The van der Waals surface area contributed by atoms with Crippen molar-refractivity contribution in [2.24, 2.45) is 11.8 Å². The van der Waals surface area contributed by atoms with E-state index in [9.17, 15) is 18.0 Å². The van der Waals surface area contributed by atoms with Gasteiger partial charge in [0.25, 0.3) is 5.91 Å². The number of hydrogen-bond donors (Lipinski definition) is 1. The monoisotopic (exact) mass is 466 g/mol. The highest BCUT2D eigenvalue weighted by molar-refractivity contribution is 7.89. The van der Waals surface area contributed by atoms with E-state index < -0.39 is 28.0 Å². The summed E-state index contributed by atoms with van der Waals surface area (Å²) in [5.41, 5.74) is 0. The van der Waals surface area contributed by atoms with Crippen LogP contribution in [0.15, 0.2) is 29.2 Å². The molecule has 32 heavy (non-hydrogen) atoms. The molecule has 0 radical (unpaired) electrons. The fraction of sp³-hybridized carbons (Fsp3) is 0.652. The maximum absolute atomic E-state index is 12.9. The largest absolute Gasteiger partial charge is 0.497 e. The first kappa shape index (κ1) is 24.5. The molecule has 1 heterocycles. The highest BCUT2D eigenvalue weighted by atomic mass is 32.2. The molecular formula is C23H34N2O6S. The molecule has 2 fully saturated rings. The molecule has 1 aliphatic carbocycles. The zero-order valence-corrected chi connectivity index (χ0v) is 19.9. The van der Waals surface area contributed by atoms with Gasteiger partial charge in [0, 0.05) is 19.1 Å². The maximum Gasteiger partial charge on any atom is 0.309 e. The summed E-state index contributed by atoms with van der Waals surface area (Å²) >= 11 is 0. The van der Waals surface area contributed by atoms with E-state index in [4.69, 9.17) is 9.47 Å². The summed E-state index contributed by atoms with van der Waals surface area (Å²) in [6.07, 6.45) is 4.19. The van der Waals surface area contributed by atoms with Crippen molar-refractivity contribution in [1.29, 1.82) is 0 Å². The van der Waals surface area contributed by atoms with Crippen LogP contribution in [0.1, 0.15) is 52.4 Å². The normalized spacial score (nSPS) is 23.8. The van der Waals surface area contributed by atoms with Crippen molar-refractivity contribution in [3.05, 3.63) is 24.3 Å². The van der Waals surface area contributed by atoms with Crippen molar-refractivity contribution in [3.8, 4) is 5.75 Å². The topological polar surface area (TPSA) is 102 Å². The predicted molar refractivity (Wildman–Crippen MR) is 120 cm³/mol. The number of carbonyl (C=O) groups excluding carboxylic acids is 2. The van der Waals surface area contributed by atoms with Crippen molar-refractivity contribution in [2.45, 2.75) is 69.4 Å². The van der Waals surface area contributed by atoms with Crippen molar-refractivity contribution in [3.63, 3.8) is 0 Å². The van der Waals surface area contributed by atoms with E-state index in [1.54, 1.807) is 19.1 Å². The fourth-order valence-corrected chi connectivity index (χ4v) is 5.85. The molecule has 1 N–H and O–H groups in total. The molecule has 1 amide bonds. The van der Waals surface area contributed by atoms with E-state index >= 15 is 0 Å². The molecule has 3 rings (SSSR count). The van der Waals surface area contributed by atoms with Crippen LogP contribution < -0.4 is 10.1 Å². The molecule has 2 aliphatic rings. The number of nitrogens with zero attached hydrogens (tertiary/aromatic N) is 1. The van der Waals surface area contributed by atoms with Gasteiger partial charge in [-0.1, -0.05) is 19.8 Å².